The smallest absolute Gasteiger partial charge is 0.249 e. The van der Waals surface area contributed by atoms with Crippen LogP contribution in [0.15, 0.2) is 53.2 Å². The third-order valence-electron chi connectivity index (χ3n) is 4.66. The fraction of sp³-hybridized carbons (Fsp3) is 0.263. The standard InChI is InChI=1S/C19H18N6OS/c1-2-6-16-15(5-1)21-19(27-16)25-10-8-24(9-11-25)13-17-22-23-18(26-17)14-4-3-7-20-12-14/h1-7,12H,8-11,13H2. The summed E-state index contributed by atoms with van der Waals surface area (Å²) in [6.45, 7) is 4.45. The number of nitrogens with zero attached hydrogens (tertiary/aromatic N) is 6. The normalized spacial score (nSPS) is 15.5. The molecule has 0 amide bonds. The first kappa shape index (κ1) is 16.3. The van der Waals surface area contributed by atoms with Gasteiger partial charge in [-0.3, -0.25) is 9.88 Å². The molecule has 7 nitrogen and oxygen atoms in total. The summed E-state index contributed by atoms with van der Waals surface area (Å²) in [5.74, 6) is 1.16. The molecular formula is C19H18N6OS. The van der Waals surface area contributed by atoms with Crippen LogP contribution in [0.5, 0.6) is 0 Å². The number of thiazole rings is 1. The minimum atomic E-state index is 0.520. The van der Waals surface area contributed by atoms with Crippen molar-refractivity contribution in [2.24, 2.45) is 0 Å². The second-order valence-electron chi connectivity index (χ2n) is 6.47. The van der Waals surface area contributed by atoms with Crippen LogP contribution in [0.1, 0.15) is 5.89 Å². The summed E-state index contributed by atoms with van der Waals surface area (Å²) in [5, 5.41) is 9.42. The number of fused-ring (bicyclic) bond motifs is 1. The Hall–Kier alpha value is -2.84. The van der Waals surface area contributed by atoms with Crippen LogP contribution >= 0.6 is 11.3 Å². The number of aromatic nitrogens is 4. The molecule has 1 aliphatic rings. The van der Waals surface area contributed by atoms with Crippen molar-refractivity contribution in [2.45, 2.75) is 6.54 Å². The summed E-state index contributed by atoms with van der Waals surface area (Å²) >= 11 is 1.76. The first-order valence-corrected chi connectivity index (χ1v) is 9.72. The molecule has 1 aromatic carbocycles. The maximum atomic E-state index is 5.80. The van der Waals surface area contributed by atoms with Crippen molar-refractivity contribution >= 4 is 26.7 Å². The minimum absolute atomic E-state index is 0.520. The number of hydrogen-bond donors (Lipinski definition) is 0. The molecule has 0 saturated carbocycles. The molecule has 5 rings (SSSR count). The Kier molecular flexibility index (Phi) is 4.27. The van der Waals surface area contributed by atoms with Gasteiger partial charge < -0.3 is 9.32 Å². The summed E-state index contributed by atoms with van der Waals surface area (Å²) in [4.78, 5) is 13.5. The Morgan fingerprint density at radius 2 is 1.89 bits per heavy atom. The number of rotatable bonds is 4. The molecule has 0 radical (unpaired) electrons. The molecule has 0 spiro atoms. The van der Waals surface area contributed by atoms with Gasteiger partial charge in [0.05, 0.1) is 22.3 Å². The zero-order valence-corrected chi connectivity index (χ0v) is 15.5. The maximum Gasteiger partial charge on any atom is 0.249 e. The maximum absolute atomic E-state index is 5.80. The molecule has 136 valence electrons. The zero-order valence-electron chi connectivity index (χ0n) is 14.7. The third-order valence-corrected chi connectivity index (χ3v) is 5.76. The van der Waals surface area contributed by atoms with E-state index in [0.29, 0.717) is 18.3 Å². The number of benzene rings is 1. The molecular weight excluding hydrogens is 360 g/mol. The summed E-state index contributed by atoms with van der Waals surface area (Å²) in [7, 11) is 0. The molecule has 0 N–H and O–H groups in total. The van der Waals surface area contributed by atoms with E-state index >= 15 is 0 Å². The number of pyridine rings is 1. The Morgan fingerprint density at radius 3 is 2.70 bits per heavy atom. The minimum Gasteiger partial charge on any atom is -0.419 e. The van der Waals surface area contributed by atoms with Crippen molar-refractivity contribution in [3.8, 4) is 11.5 Å². The van der Waals surface area contributed by atoms with Crippen molar-refractivity contribution in [3.05, 3.63) is 54.7 Å². The molecule has 0 bridgehead atoms. The van der Waals surface area contributed by atoms with Crippen molar-refractivity contribution in [2.75, 3.05) is 31.1 Å². The van der Waals surface area contributed by atoms with Gasteiger partial charge in [0.25, 0.3) is 0 Å². The molecule has 4 aromatic rings. The van der Waals surface area contributed by atoms with Crippen molar-refractivity contribution in [3.63, 3.8) is 0 Å². The first-order valence-electron chi connectivity index (χ1n) is 8.91. The molecule has 1 saturated heterocycles. The number of para-hydroxylation sites is 1. The van der Waals surface area contributed by atoms with Crippen molar-refractivity contribution in [1.29, 1.82) is 0 Å². The molecule has 4 heterocycles. The molecule has 3 aromatic heterocycles. The lowest BCUT2D eigenvalue weighted by atomic mass is 10.3. The number of piperazine rings is 1. The highest BCUT2D eigenvalue weighted by Crippen LogP contribution is 2.29. The molecule has 27 heavy (non-hydrogen) atoms. The highest BCUT2D eigenvalue weighted by atomic mass is 32.1. The van der Waals surface area contributed by atoms with E-state index in [1.54, 1.807) is 23.7 Å². The number of hydrogen-bond acceptors (Lipinski definition) is 8. The third kappa shape index (κ3) is 3.41. The van der Waals surface area contributed by atoms with Gasteiger partial charge in [-0.15, -0.1) is 10.2 Å². The van der Waals surface area contributed by atoms with Crippen LogP contribution in [-0.2, 0) is 6.54 Å². The monoisotopic (exact) mass is 378 g/mol. The van der Waals surface area contributed by atoms with E-state index in [4.69, 9.17) is 9.40 Å². The Balaban J connectivity index is 1.21. The molecule has 0 aliphatic carbocycles. The Morgan fingerprint density at radius 1 is 1.00 bits per heavy atom. The largest absolute Gasteiger partial charge is 0.419 e. The van der Waals surface area contributed by atoms with Crippen LogP contribution in [-0.4, -0.2) is 51.2 Å². The average molecular weight is 378 g/mol. The van der Waals surface area contributed by atoms with Gasteiger partial charge in [-0.1, -0.05) is 23.5 Å². The van der Waals surface area contributed by atoms with E-state index in [1.165, 1.54) is 4.70 Å². The lowest BCUT2D eigenvalue weighted by Gasteiger charge is -2.33. The van der Waals surface area contributed by atoms with Crippen molar-refractivity contribution in [1.82, 2.24) is 25.1 Å². The van der Waals surface area contributed by atoms with E-state index in [-0.39, 0.29) is 0 Å². The van der Waals surface area contributed by atoms with E-state index in [2.05, 4.69) is 43.2 Å². The van der Waals surface area contributed by atoms with E-state index in [1.807, 2.05) is 18.2 Å². The fourth-order valence-electron chi connectivity index (χ4n) is 3.21. The van der Waals surface area contributed by atoms with Crippen LogP contribution in [0.2, 0.25) is 0 Å². The fourth-order valence-corrected chi connectivity index (χ4v) is 4.22. The average Bonchev–Trinajstić information content (AvgIpc) is 3.36. The molecule has 1 aliphatic heterocycles. The highest BCUT2D eigenvalue weighted by molar-refractivity contribution is 7.22. The van der Waals surface area contributed by atoms with Crippen LogP contribution in [0, 0.1) is 0 Å². The second kappa shape index (κ2) is 7.05. The van der Waals surface area contributed by atoms with E-state index < -0.39 is 0 Å². The quantitative estimate of drug-likeness (QED) is 0.540. The zero-order chi connectivity index (χ0) is 18.1. The number of anilines is 1. The molecule has 1 fully saturated rings. The predicted molar refractivity (Wildman–Crippen MR) is 105 cm³/mol. The van der Waals surface area contributed by atoms with Gasteiger partial charge in [0, 0.05) is 38.6 Å². The summed E-state index contributed by atoms with van der Waals surface area (Å²) in [6.07, 6.45) is 3.46. The van der Waals surface area contributed by atoms with Gasteiger partial charge in [-0.25, -0.2) is 4.98 Å². The van der Waals surface area contributed by atoms with Gasteiger partial charge in [-0.2, -0.15) is 0 Å². The SMILES string of the molecule is c1cncc(-c2nnc(CN3CCN(c4nc5ccccc5s4)CC3)o2)c1. The first-order chi connectivity index (χ1) is 13.3. The summed E-state index contributed by atoms with van der Waals surface area (Å²) in [5.41, 5.74) is 1.92. The Bertz CT molecular complexity index is 1010. The van der Waals surface area contributed by atoms with Crippen LogP contribution in [0.25, 0.3) is 21.7 Å². The van der Waals surface area contributed by atoms with Crippen LogP contribution in [0.3, 0.4) is 0 Å². The van der Waals surface area contributed by atoms with Gasteiger partial charge >= 0.3 is 0 Å². The van der Waals surface area contributed by atoms with Gasteiger partial charge in [0.1, 0.15) is 0 Å². The van der Waals surface area contributed by atoms with Crippen LogP contribution in [0.4, 0.5) is 5.13 Å². The highest BCUT2D eigenvalue weighted by Gasteiger charge is 2.21. The van der Waals surface area contributed by atoms with Crippen molar-refractivity contribution < 1.29 is 4.42 Å². The van der Waals surface area contributed by atoms with E-state index in [0.717, 1.165) is 42.4 Å². The lowest BCUT2D eigenvalue weighted by Crippen LogP contribution is -2.46. The van der Waals surface area contributed by atoms with Gasteiger partial charge in [0.2, 0.25) is 11.8 Å². The molecule has 8 heteroatoms. The topological polar surface area (TPSA) is 71.2 Å². The van der Waals surface area contributed by atoms with E-state index in [9.17, 15) is 0 Å². The van der Waals surface area contributed by atoms with Gasteiger partial charge in [0.15, 0.2) is 5.13 Å². The second-order valence-corrected chi connectivity index (χ2v) is 7.48. The lowest BCUT2D eigenvalue weighted by molar-refractivity contribution is 0.227. The predicted octanol–water partition coefficient (Wildman–Crippen LogP) is 3.06. The molecule has 0 atom stereocenters. The molecule has 0 unspecified atom stereocenters. The Labute approximate surface area is 160 Å². The van der Waals surface area contributed by atoms with Gasteiger partial charge in [-0.05, 0) is 24.3 Å². The summed E-state index contributed by atoms with van der Waals surface area (Å²) < 4.78 is 7.04. The van der Waals surface area contributed by atoms with Crippen LogP contribution < -0.4 is 4.90 Å². The summed E-state index contributed by atoms with van der Waals surface area (Å²) in [6, 6.07) is 12.1.